The van der Waals surface area contributed by atoms with Crippen molar-refractivity contribution in [2.45, 2.75) is 71.8 Å². The maximum atomic E-state index is 3.54. The molecule has 0 atom stereocenters. The molecule has 0 bridgehead atoms. The van der Waals surface area contributed by atoms with Crippen molar-refractivity contribution in [3.8, 4) is 0 Å². The standard InChI is InChI=1S/C16H29NS/c1-15(2,3)14-11-10-13(18-14)9-7-8-12-17-16(4,5)6/h10-11,17H,7-9,12H2,1-6H3. The number of hydrogen-bond donors (Lipinski definition) is 1. The molecule has 104 valence electrons. The van der Waals surface area contributed by atoms with Crippen molar-refractivity contribution >= 4 is 11.3 Å². The van der Waals surface area contributed by atoms with Gasteiger partial charge in [0, 0.05) is 15.3 Å². The minimum absolute atomic E-state index is 0.252. The average Bonchev–Trinajstić information content (AvgIpc) is 2.63. The van der Waals surface area contributed by atoms with Crippen LogP contribution < -0.4 is 5.32 Å². The largest absolute Gasteiger partial charge is 0.312 e. The monoisotopic (exact) mass is 267 g/mol. The first-order valence-electron chi connectivity index (χ1n) is 7.03. The molecule has 0 spiro atoms. The topological polar surface area (TPSA) is 12.0 Å². The highest BCUT2D eigenvalue weighted by atomic mass is 32.1. The van der Waals surface area contributed by atoms with E-state index < -0.39 is 0 Å². The molecule has 1 rings (SSSR count). The lowest BCUT2D eigenvalue weighted by Crippen LogP contribution is -2.36. The fourth-order valence-corrected chi connectivity index (χ4v) is 2.91. The third-order valence-corrected chi connectivity index (χ3v) is 4.48. The summed E-state index contributed by atoms with van der Waals surface area (Å²) in [6.07, 6.45) is 3.78. The fraction of sp³-hybridized carbons (Fsp3) is 0.750. The summed E-state index contributed by atoms with van der Waals surface area (Å²) in [4.78, 5) is 3.04. The molecular formula is C16H29NS. The fourth-order valence-electron chi connectivity index (χ4n) is 1.80. The Morgan fingerprint density at radius 3 is 2.17 bits per heavy atom. The molecule has 1 heterocycles. The smallest absolute Gasteiger partial charge is 0.0102 e. The first-order valence-corrected chi connectivity index (χ1v) is 7.84. The Kier molecular flexibility index (Phi) is 5.42. The van der Waals surface area contributed by atoms with Gasteiger partial charge in [0.05, 0.1) is 0 Å². The van der Waals surface area contributed by atoms with Crippen molar-refractivity contribution in [2.24, 2.45) is 0 Å². The van der Waals surface area contributed by atoms with E-state index in [4.69, 9.17) is 0 Å². The summed E-state index contributed by atoms with van der Waals surface area (Å²) in [5, 5.41) is 3.54. The van der Waals surface area contributed by atoms with Gasteiger partial charge in [-0.25, -0.2) is 0 Å². The van der Waals surface area contributed by atoms with Crippen LogP contribution in [0.15, 0.2) is 12.1 Å². The number of thiophene rings is 1. The van der Waals surface area contributed by atoms with Gasteiger partial charge in [0.15, 0.2) is 0 Å². The second-order valence-electron chi connectivity index (χ2n) is 7.15. The summed E-state index contributed by atoms with van der Waals surface area (Å²) in [7, 11) is 0. The highest BCUT2D eigenvalue weighted by molar-refractivity contribution is 7.12. The minimum atomic E-state index is 0.252. The van der Waals surface area contributed by atoms with Crippen LogP contribution in [0.4, 0.5) is 0 Å². The molecule has 0 radical (unpaired) electrons. The van der Waals surface area contributed by atoms with Gasteiger partial charge in [-0.05, 0) is 64.1 Å². The zero-order valence-electron chi connectivity index (χ0n) is 12.9. The first kappa shape index (κ1) is 15.7. The summed E-state index contributed by atoms with van der Waals surface area (Å²) in [6, 6.07) is 4.61. The van der Waals surface area contributed by atoms with Crippen molar-refractivity contribution in [3.05, 3.63) is 21.9 Å². The Hall–Kier alpha value is -0.340. The molecule has 0 amide bonds. The van der Waals surface area contributed by atoms with E-state index in [-0.39, 0.29) is 5.54 Å². The average molecular weight is 267 g/mol. The first-order chi connectivity index (χ1) is 8.18. The van der Waals surface area contributed by atoms with Crippen molar-refractivity contribution < 1.29 is 0 Å². The summed E-state index contributed by atoms with van der Waals surface area (Å²) in [5.74, 6) is 0. The van der Waals surface area contributed by atoms with Gasteiger partial charge in [0.25, 0.3) is 0 Å². The van der Waals surface area contributed by atoms with Gasteiger partial charge >= 0.3 is 0 Å². The van der Waals surface area contributed by atoms with Crippen LogP contribution in [-0.4, -0.2) is 12.1 Å². The summed E-state index contributed by atoms with van der Waals surface area (Å²) in [5.41, 5.74) is 0.555. The van der Waals surface area contributed by atoms with Crippen molar-refractivity contribution in [1.82, 2.24) is 5.32 Å². The van der Waals surface area contributed by atoms with E-state index in [9.17, 15) is 0 Å². The van der Waals surface area contributed by atoms with Gasteiger partial charge in [0.2, 0.25) is 0 Å². The molecule has 18 heavy (non-hydrogen) atoms. The number of aryl methyl sites for hydroxylation is 1. The highest BCUT2D eigenvalue weighted by Crippen LogP contribution is 2.30. The van der Waals surface area contributed by atoms with Crippen LogP contribution in [0.2, 0.25) is 0 Å². The Bertz CT molecular complexity index is 352. The molecule has 0 unspecified atom stereocenters. The lowest BCUT2D eigenvalue weighted by molar-refractivity contribution is 0.419. The number of hydrogen-bond acceptors (Lipinski definition) is 2. The molecule has 0 fully saturated rings. The van der Waals surface area contributed by atoms with E-state index >= 15 is 0 Å². The normalized spacial score (nSPS) is 13.0. The lowest BCUT2D eigenvalue weighted by Gasteiger charge is -2.20. The van der Waals surface area contributed by atoms with Crippen molar-refractivity contribution in [2.75, 3.05) is 6.54 Å². The lowest BCUT2D eigenvalue weighted by atomic mass is 9.95. The van der Waals surface area contributed by atoms with Gasteiger partial charge in [0.1, 0.15) is 0 Å². The van der Waals surface area contributed by atoms with E-state index in [1.807, 2.05) is 11.3 Å². The Morgan fingerprint density at radius 1 is 1.00 bits per heavy atom. The maximum absolute atomic E-state index is 3.54. The Morgan fingerprint density at radius 2 is 1.67 bits per heavy atom. The molecule has 0 aromatic carbocycles. The second kappa shape index (κ2) is 6.21. The third kappa shape index (κ3) is 6.01. The molecule has 0 aliphatic heterocycles. The Balaban J connectivity index is 2.26. The predicted octanol–water partition coefficient (Wildman–Crippen LogP) is 4.76. The second-order valence-corrected chi connectivity index (χ2v) is 8.32. The quantitative estimate of drug-likeness (QED) is 0.759. The number of unbranched alkanes of at least 4 members (excludes halogenated alkanes) is 1. The van der Waals surface area contributed by atoms with Gasteiger partial charge < -0.3 is 5.32 Å². The van der Waals surface area contributed by atoms with Crippen LogP contribution in [0.1, 0.15) is 64.1 Å². The summed E-state index contributed by atoms with van der Waals surface area (Å²) < 4.78 is 0. The van der Waals surface area contributed by atoms with Gasteiger partial charge in [-0.15, -0.1) is 11.3 Å². The van der Waals surface area contributed by atoms with Crippen LogP contribution in [0.25, 0.3) is 0 Å². The van der Waals surface area contributed by atoms with Gasteiger partial charge in [-0.3, -0.25) is 0 Å². The van der Waals surface area contributed by atoms with E-state index in [2.05, 4.69) is 59.0 Å². The molecular weight excluding hydrogens is 238 g/mol. The molecule has 2 heteroatoms. The van der Waals surface area contributed by atoms with Crippen molar-refractivity contribution in [3.63, 3.8) is 0 Å². The van der Waals surface area contributed by atoms with Crippen LogP contribution in [-0.2, 0) is 11.8 Å². The molecule has 0 saturated heterocycles. The molecule has 0 saturated carbocycles. The van der Waals surface area contributed by atoms with E-state index in [0.29, 0.717) is 5.41 Å². The van der Waals surface area contributed by atoms with Crippen LogP contribution >= 0.6 is 11.3 Å². The number of rotatable bonds is 5. The van der Waals surface area contributed by atoms with Crippen LogP contribution in [0.5, 0.6) is 0 Å². The van der Waals surface area contributed by atoms with Crippen molar-refractivity contribution in [1.29, 1.82) is 0 Å². The zero-order valence-corrected chi connectivity index (χ0v) is 13.7. The molecule has 0 aliphatic rings. The van der Waals surface area contributed by atoms with Gasteiger partial charge in [-0.2, -0.15) is 0 Å². The number of nitrogens with one attached hydrogen (secondary N) is 1. The van der Waals surface area contributed by atoms with Crippen LogP contribution in [0.3, 0.4) is 0 Å². The predicted molar refractivity (Wildman–Crippen MR) is 83.7 cm³/mol. The van der Waals surface area contributed by atoms with Crippen LogP contribution in [0, 0.1) is 0 Å². The maximum Gasteiger partial charge on any atom is 0.0102 e. The summed E-state index contributed by atoms with van der Waals surface area (Å²) in [6.45, 7) is 14.7. The third-order valence-electron chi connectivity index (χ3n) is 2.91. The molecule has 1 N–H and O–H groups in total. The minimum Gasteiger partial charge on any atom is -0.312 e. The zero-order chi connectivity index (χ0) is 13.8. The summed E-state index contributed by atoms with van der Waals surface area (Å²) >= 11 is 1.98. The van der Waals surface area contributed by atoms with E-state index in [0.717, 1.165) is 6.54 Å². The van der Waals surface area contributed by atoms with Gasteiger partial charge in [-0.1, -0.05) is 20.8 Å². The molecule has 1 aromatic rings. The molecule has 1 nitrogen and oxygen atoms in total. The highest BCUT2D eigenvalue weighted by Gasteiger charge is 2.15. The van der Waals surface area contributed by atoms with E-state index in [1.165, 1.54) is 29.0 Å². The molecule has 0 aliphatic carbocycles. The van der Waals surface area contributed by atoms with E-state index in [1.54, 1.807) is 0 Å². The Labute approximate surface area is 117 Å². The SMILES string of the molecule is CC(C)(C)NCCCCc1ccc(C(C)(C)C)s1. The molecule has 1 aromatic heterocycles.